The van der Waals surface area contributed by atoms with Crippen LogP contribution < -0.4 is 4.90 Å². The number of allylic oxidation sites excluding steroid dienone is 2. The molecule has 0 radical (unpaired) electrons. The number of rotatable bonds is 4. The molecular weight excluding hydrogens is 351 g/mol. The van der Waals surface area contributed by atoms with E-state index in [4.69, 9.17) is 4.42 Å². The van der Waals surface area contributed by atoms with Gasteiger partial charge < -0.3 is 4.42 Å². The van der Waals surface area contributed by atoms with E-state index in [2.05, 4.69) is 0 Å². The van der Waals surface area contributed by atoms with Gasteiger partial charge in [-0.2, -0.15) is 0 Å². The SMILES string of the molecule is O=C1[C@H]2CC=CC[C@H]2C(=O)N1CN(C(=O)c1ccco1)c1ccc(F)cc1. The van der Waals surface area contributed by atoms with E-state index in [1.54, 1.807) is 6.07 Å². The third-order valence-electron chi connectivity index (χ3n) is 5.00. The van der Waals surface area contributed by atoms with Crippen molar-refractivity contribution in [3.63, 3.8) is 0 Å². The van der Waals surface area contributed by atoms with E-state index < -0.39 is 11.7 Å². The van der Waals surface area contributed by atoms with Crippen LogP contribution in [0.4, 0.5) is 10.1 Å². The van der Waals surface area contributed by atoms with Gasteiger partial charge in [0.2, 0.25) is 11.8 Å². The Morgan fingerprint density at radius 3 is 2.26 bits per heavy atom. The zero-order valence-electron chi connectivity index (χ0n) is 14.4. The molecule has 0 unspecified atom stereocenters. The van der Waals surface area contributed by atoms with Crippen molar-refractivity contribution in [2.24, 2.45) is 11.8 Å². The molecule has 7 heteroatoms. The number of hydrogen-bond acceptors (Lipinski definition) is 4. The summed E-state index contributed by atoms with van der Waals surface area (Å²) in [6.45, 7) is -0.240. The number of furan rings is 1. The molecule has 0 spiro atoms. The van der Waals surface area contributed by atoms with Crippen molar-refractivity contribution < 1.29 is 23.2 Å². The lowest BCUT2D eigenvalue weighted by Crippen LogP contribution is -2.44. The number of likely N-dealkylation sites (tertiary alicyclic amines) is 1. The molecule has 2 heterocycles. The number of fused-ring (bicyclic) bond motifs is 1. The van der Waals surface area contributed by atoms with Gasteiger partial charge in [0.25, 0.3) is 5.91 Å². The maximum absolute atomic E-state index is 13.3. The highest BCUT2D eigenvalue weighted by Gasteiger charge is 2.48. The number of imide groups is 1. The van der Waals surface area contributed by atoms with Crippen LogP contribution in [0, 0.1) is 17.7 Å². The first-order valence-corrected chi connectivity index (χ1v) is 8.67. The van der Waals surface area contributed by atoms with Crippen LogP contribution in [0.3, 0.4) is 0 Å². The average molecular weight is 368 g/mol. The Morgan fingerprint density at radius 1 is 1.07 bits per heavy atom. The van der Waals surface area contributed by atoms with Crippen molar-refractivity contribution in [1.29, 1.82) is 0 Å². The van der Waals surface area contributed by atoms with Gasteiger partial charge in [0.1, 0.15) is 12.5 Å². The molecule has 6 nitrogen and oxygen atoms in total. The second-order valence-electron chi connectivity index (χ2n) is 6.59. The molecule has 27 heavy (non-hydrogen) atoms. The predicted octanol–water partition coefficient (Wildman–Crippen LogP) is 2.97. The van der Waals surface area contributed by atoms with E-state index >= 15 is 0 Å². The van der Waals surface area contributed by atoms with E-state index in [9.17, 15) is 18.8 Å². The number of hydrogen-bond donors (Lipinski definition) is 0. The van der Waals surface area contributed by atoms with Crippen LogP contribution in [0.5, 0.6) is 0 Å². The number of carbonyl (C=O) groups excluding carboxylic acids is 3. The number of anilines is 1. The molecule has 1 aromatic heterocycles. The first kappa shape index (κ1) is 17.2. The highest BCUT2D eigenvalue weighted by atomic mass is 19.1. The quantitative estimate of drug-likeness (QED) is 0.614. The molecule has 2 atom stereocenters. The van der Waals surface area contributed by atoms with Gasteiger partial charge in [-0.15, -0.1) is 0 Å². The molecule has 0 bridgehead atoms. The molecule has 1 aliphatic carbocycles. The van der Waals surface area contributed by atoms with E-state index in [1.165, 1.54) is 41.5 Å². The minimum atomic E-state index is -0.514. The Balaban J connectivity index is 1.65. The largest absolute Gasteiger partial charge is 0.459 e. The fraction of sp³-hybridized carbons (Fsp3) is 0.250. The minimum Gasteiger partial charge on any atom is -0.459 e. The third kappa shape index (κ3) is 3.05. The van der Waals surface area contributed by atoms with Crippen molar-refractivity contribution in [3.05, 3.63) is 66.4 Å². The number of nitrogens with zero attached hydrogens (tertiary/aromatic N) is 2. The molecule has 1 fully saturated rings. The summed E-state index contributed by atoms with van der Waals surface area (Å²) in [5, 5.41) is 0. The van der Waals surface area contributed by atoms with Gasteiger partial charge in [0, 0.05) is 5.69 Å². The van der Waals surface area contributed by atoms with Crippen LogP contribution in [0.25, 0.3) is 0 Å². The lowest BCUT2D eigenvalue weighted by Gasteiger charge is -2.26. The highest BCUT2D eigenvalue weighted by molar-refractivity contribution is 6.08. The summed E-state index contributed by atoms with van der Waals surface area (Å²) in [4.78, 5) is 40.7. The summed E-state index contributed by atoms with van der Waals surface area (Å²) in [6.07, 6.45) is 6.22. The Hall–Kier alpha value is -3.22. The van der Waals surface area contributed by atoms with Crippen molar-refractivity contribution in [1.82, 2.24) is 4.90 Å². The van der Waals surface area contributed by atoms with Crippen LogP contribution in [-0.2, 0) is 9.59 Å². The molecule has 1 aromatic carbocycles. The number of benzene rings is 1. The van der Waals surface area contributed by atoms with E-state index in [-0.39, 0.29) is 36.1 Å². The lowest BCUT2D eigenvalue weighted by atomic mass is 9.85. The third-order valence-corrected chi connectivity index (χ3v) is 5.00. The standard InChI is InChI=1S/C20H17FN2O4/c21-13-7-9-14(10-8-13)22(20(26)17-6-3-11-27-17)12-23-18(24)15-4-1-2-5-16(15)19(23)25/h1-3,6-11,15-16H,4-5,12H2/t15-,16+. The number of halogens is 1. The maximum atomic E-state index is 13.3. The number of carbonyl (C=O) groups is 3. The Kier molecular flexibility index (Phi) is 4.35. The summed E-state index contributed by atoms with van der Waals surface area (Å²) in [6, 6.07) is 8.36. The molecule has 4 rings (SSSR count). The monoisotopic (exact) mass is 368 g/mol. The molecule has 1 aliphatic heterocycles. The first-order chi connectivity index (χ1) is 13.1. The highest BCUT2D eigenvalue weighted by Crippen LogP contribution is 2.35. The van der Waals surface area contributed by atoms with Crippen LogP contribution in [0.2, 0.25) is 0 Å². The minimum absolute atomic E-state index is 0.0671. The van der Waals surface area contributed by atoms with Gasteiger partial charge in [0.15, 0.2) is 5.76 Å². The smallest absolute Gasteiger partial charge is 0.295 e. The second kappa shape index (κ2) is 6.83. The molecule has 138 valence electrons. The number of amides is 3. The second-order valence-corrected chi connectivity index (χ2v) is 6.59. The summed E-state index contributed by atoms with van der Waals surface area (Å²) < 4.78 is 18.5. The molecule has 2 aliphatic rings. The van der Waals surface area contributed by atoms with E-state index in [0.29, 0.717) is 18.5 Å². The van der Waals surface area contributed by atoms with Crippen LogP contribution in [0.15, 0.2) is 59.2 Å². The Morgan fingerprint density at radius 2 is 1.70 bits per heavy atom. The van der Waals surface area contributed by atoms with Gasteiger partial charge in [-0.25, -0.2) is 4.39 Å². The Labute approximate surface area is 154 Å². The fourth-order valence-electron chi connectivity index (χ4n) is 3.57. The van der Waals surface area contributed by atoms with Crippen LogP contribution in [0.1, 0.15) is 23.4 Å². The average Bonchev–Trinajstić information content (AvgIpc) is 3.30. The molecule has 1 saturated heterocycles. The summed E-state index contributed by atoms with van der Waals surface area (Å²) in [5.74, 6) is -2.22. The zero-order valence-corrected chi connectivity index (χ0v) is 14.4. The van der Waals surface area contributed by atoms with Gasteiger partial charge in [0.05, 0.1) is 18.1 Å². The topological polar surface area (TPSA) is 70.8 Å². The summed E-state index contributed by atoms with van der Waals surface area (Å²) in [5.41, 5.74) is 0.367. The lowest BCUT2D eigenvalue weighted by molar-refractivity contribution is -0.139. The van der Waals surface area contributed by atoms with Crippen molar-refractivity contribution in [2.75, 3.05) is 11.6 Å². The molecule has 0 N–H and O–H groups in total. The van der Waals surface area contributed by atoms with Gasteiger partial charge in [-0.05, 0) is 49.2 Å². The summed E-state index contributed by atoms with van der Waals surface area (Å²) in [7, 11) is 0. The fourth-order valence-corrected chi connectivity index (χ4v) is 3.57. The van der Waals surface area contributed by atoms with Gasteiger partial charge in [-0.1, -0.05) is 12.2 Å². The molecule has 0 saturated carbocycles. The molecule has 2 aromatic rings. The zero-order chi connectivity index (χ0) is 19.0. The van der Waals surface area contributed by atoms with Gasteiger partial charge in [-0.3, -0.25) is 24.2 Å². The molecule has 3 amide bonds. The van der Waals surface area contributed by atoms with Crippen molar-refractivity contribution in [2.45, 2.75) is 12.8 Å². The van der Waals surface area contributed by atoms with Crippen LogP contribution >= 0.6 is 0 Å². The molecular formula is C20H17FN2O4. The van der Waals surface area contributed by atoms with E-state index in [0.717, 1.165) is 4.90 Å². The first-order valence-electron chi connectivity index (χ1n) is 8.67. The summed E-state index contributed by atoms with van der Waals surface area (Å²) >= 11 is 0. The normalized spacial score (nSPS) is 21.4. The Bertz CT molecular complexity index is 879. The van der Waals surface area contributed by atoms with Crippen LogP contribution in [-0.4, -0.2) is 29.3 Å². The maximum Gasteiger partial charge on any atom is 0.295 e. The predicted molar refractivity (Wildman–Crippen MR) is 94.0 cm³/mol. The van der Waals surface area contributed by atoms with Crippen molar-refractivity contribution in [3.8, 4) is 0 Å². The van der Waals surface area contributed by atoms with E-state index in [1.807, 2.05) is 12.2 Å². The van der Waals surface area contributed by atoms with Crippen molar-refractivity contribution >= 4 is 23.4 Å². The van der Waals surface area contributed by atoms with Gasteiger partial charge >= 0.3 is 0 Å².